The summed E-state index contributed by atoms with van der Waals surface area (Å²) in [6, 6.07) is 21.1. The molecule has 170 valence electrons. The van der Waals surface area contributed by atoms with Gasteiger partial charge in [-0.2, -0.15) is 0 Å². The van der Waals surface area contributed by atoms with E-state index in [9.17, 15) is 18.0 Å². The van der Waals surface area contributed by atoms with Gasteiger partial charge in [0.05, 0.1) is 0 Å². The van der Waals surface area contributed by atoms with E-state index in [4.69, 9.17) is 9.47 Å². The highest BCUT2D eigenvalue weighted by atomic mass is 19.4. The van der Waals surface area contributed by atoms with Gasteiger partial charge in [0.25, 0.3) is 0 Å². The van der Waals surface area contributed by atoms with Gasteiger partial charge in [-0.15, -0.1) is 13.2 Å². The number of alkyl halides is 3. The van der Waals surface area contributed by atoms with Gasteiger partial charge in [0.1, 0.15) is 12.0 Å². The Balaban J connectivity index is 1.27. The number of hydrogen-bond acceptors (Lipinski definition) is 4. The Hall–Kier alpha value is -4.14. The summed E-state index contributed by atoms with van der Waals surface area (Å²) in [5.74, 6) is 0.218. The van der Waals surface area contributed by atoms with Gasteiger partial charge in [0, 0.05) is 23.4 Å². The van der Waals surface area contributed by atoms with Crippen LogP contribution in [0.5, 0.6) is 5.75 Å². The Morgan fingerprint density at radius 3 is 2.09 bits per heavy atom. The van der Waals surface area contributed by atoms with Crippen LogP contribution in [0.15, 0.2) is 85.1 Å². The first-order chi connectivity index (χ1) is 15.8. The van der Waals surface area contributed by atoms with Gasteiger partial charge in [0.15, 0.2) is 5.76 Å². The van der Waals surface area contributed by atoms with Gasteiger partial charge in [-0.3, -0.25) is 0 Å². The molecule has 0 bridgehead atoms. The predicted molar refractivity (Wildman–Crippen MR) is 116 cm³/mol. The molecule has 2 amide bonds. The Bertz CT molecular complexity index is 1120. The third-order valence-electron chi connectivity index (χ3n) is 4.60. The van der Waals surface area contributed by atoms with E-state index in [0.29, 0.717) is 23.6 Å². The van der Waals surface area contributed by atoms with Crippen molar-refractivity contribution >= 4 is 23.2 Å². The lowest BCUT2D eigenvalue weighted by molar-refractivity contribution is -0.274. The maximum absolute atomic E-state index is 12.2. The lowest BCUT2D eigenvalue weighted by atomic mass is 10.1. The van der Waals surface area contributed by atoms with Crippen LogP contribution in [0.25, 0.3) is 5.76 Å². The van der Waals surface area contributed by atoms with Gasteiger partial charge in [-0.05, 0) is 54.1 Å². The van der Waals surface area contributed by atoms with Gasteiger partial charge in [-0.1, -0.05) is 30.3 Å². The Morgan fingerprint density at radius 2 is 1.48 bits per heavy atom. The molecule has 1 aliphatic heterocycles. The summed E-state index contributed by atoms with van der Waals surface area (Å²) in [7, 11) is 0. The normalized spacial score (nSPS) is 15.1. The third-order valence-corrected chi connectivity index (χ3v) is 4.60. The third kappa shape index (κ3) is 6.42. The lowest BCUT2D eigenvalue weighted by Gasteiger charge is -2.12. The molecule has 1 unspecified atom stereocenters. The zero-order chi connectivity index (χ0) is 23.3. The molecule has 33 heavy (non-hydrogen) atoms. The number of carbonyl (C=O) groups excluding carboxylic acids is 1. The van der Waals surface area contributed by atoms with Crippen LogP contribution in [0.4, 0.5) is 29.3 Å². The highest BCUT2D eigenvalue weighted by Crippen LogP contribution is 2.27. The zero-order valence-electron chi connectivity index (χ0n) is 17.1. The molecular weight excluding hydrogens is 437 g/mol. The van der Waals surface area contributed by atoms with Crippen molar-refractivity contribution in [2.24, 2.45) is 0 Å². The van der Waals surface area contributed by atoms with E-state index in [1.165, 1.54) is 12.1 Å². The first kappa shape index (κ1) is 22.1. The van der Waals surface area contributed by atoms with E-state index in [1.54, 1.807) is 30.5 Å². The van der Waals surface area contributed by atoms with Crippen molar-refractivity contribution in [3.05, 3.63) is 96.3 Å². The standard InChI is InChI=1S/C24H19F3N2O4/c25-24(26,27)33-20-12-10-19(11-13-20)29-23(30)28-18-8-6-17(7-9-18)21-15-31-22(32-21)14-16-4-2-1-3-5-16/h1-13,15,22H,14H2,(H2,28,29,30). The van der Waals surface area contributed by atoms with E-state index < -0.39 is 18.7 Å². The fourth-order valence-electron chi connectivity index (χ4n) is 3.12. The number of ether oxygens (including phenoxy) is 3. The molecule has 6 nitrogen and oxygen atoms in total. The van der Waals surface area contributed by atoms with Crippen molar-refractivity contribution in [1.82, 2.24) is 0 Å². The number of carbonyl (C=O) groups is 1. The van der Waals surface area contributed by atoms with Crippen LogP contribution in [-0.4, -0.2) is 18.7 Å². The largest absolute Gasteiger partial charge is 0.573 e. The van der Waals surface area contributed by atoms with Crippen molar-refractivity contribution < 1.29 is 32.2 Å². The average Bonchev–Trinajstić information content (AvgIpc) is 3.24. The van der Waals surface area contributed by atoms with Crippen LogP contribution in [0, 0.1) is 0 Å². The molecule has 3 aromatic carbocycles. The number of urea groups is 1. The Labute approximate surface area is 187 Å². The summed E-state index contributed by atoms with van der Waals surface area (Å²) in [6.07, 6.45) is -3.00. The summed E-state index contributed by atoms with van der Waals surface area (Å²) in [5.41, 5.74) is 2.72. The quantitative estimate of drug-likeness (QED) is 0.467. The van der Waals surface area contributed by atoms with Gasteiger partial charge in [0.2, 0.25) is 6.29 Å². The maximum atomic E-state index is 12.2. The van der Waals surface area contributed by atoms with Crippen LogP contribution < -0.4 is 15.4 Å². The minimum Gasteiger partial charge on any atom is -0.458 e. The summed E-state index contributed by atoms with van der Waals surface area (Å²) in [6.45, 7) is 0. The first-order valence-corrected chi connectivity index (χ1v) is 9.94. The molecule has 0 aliphatic carbocycles. The minimum atomic E-state index is -4.77. The molecule has 0 aromatic heterocycles. The second-order valence-corrected chi connectivity index (χ2v) is 7.08. The summed E-state index contributed by atoms with van der Waals surface area (Å²) < 4.78 is 51.9. The van der Waals surface area contributed by atoms with Crippen molar-refractivity contribution in [3.63, 3.8) is 0 Å². The molecule has 9 heteroatoms. The van der Waals surface area contributed by atoms with Crippen LogP contribution in [0.3, 0.4) is 0 Å². The smallest absolute Gasteiger partial charge is 0.458 e. The molecule has 1 aliphatic rings. The monoisotopic (exact) mass is 456 g/mol. The van der Waals surface area contributed by atoms with Crippen molar-refractivity contribution in [3.8, 4) is 5.75 Å². The van der Waals surface area contributed by atoms with Gasteiger partial charge in [-0.25, -0.2) is 4.79 Å². The second kappa shape index (κ2) is 9.56. The molecule has 0 saturated carbocycles. The van der Waals surface area contributed by atoms with Crippen LogP contribution >= 0.6 is 0 Å². The fourth-order valence-corrected chi connectivity index (χ4v) is 3.12. The summed E-state index contributed by atoms with van der Waals surface area (Å²) in [4.78, 5) is 12.2. The SMILES string of the molecule is O=C(Nc1ccc(OC(F)(F)F)cc1)Nc1ccc(C2=COC(Cc3ccccc3)O2)cc1. The Kier molecular flexibility index (Phi) is 6.39. The van der Waals surface area contributed by atoms with Crippen LogP contribution in [0.1, 0.15) is 11.1 Å². The molecule has 2 N–H and O–H groups in total. The van der Waals surface area contributed by atoms with Gasteiger partial charge >= 0.3 is 12.4 Å². The molecule has 1 atom stereocenters. The van der Waals surface area contributed by atoms with Crippen molar-refractivity contribution in [1.29, 1.82) is 0 Å². The molecule has 0 fully saturated rings. The molecule has 0 radical (unpaired) electrons. The molecule has 3 aromatic rings. The molecule has 0 spiro atoms. The second-order valence-electron chi connectivity index (χ2n) is 7.08. The topological polar surface area (TPSA) is 68.8 Å². The number of benzene rings is 3. The maximum Gasteiger partial charge on any atom is 0.573 e. The number of hydrogen-bond donors (Lipinski definition) is 2. The van der Waals surface area contributed by atoms with Gasteiger partial charge < -0.3 is 24.8 Å². The zero-order valence-corrected chi connectivity index (χ0v) is 17.1. The minimum absolute atomic E-state index is 0.310. The predicted octanol–water partition coefficient (Wildman–Crippen LogP) is 6.14. The lowest BCUT2D eigenvalue weighted by Crippen LogP contribution is -2.19. The number of rotatable bonds is 6. The highest BCUT2D eigenvalue weighted by molar-refractivity contribution is 5.99. The van der Waals surface area contributed by atoms with E-state index >= 15 is 0 Å². The molecule has 0 saturated heterocycles. The first-order valence-electron chi connectivity index (χ1n) is 9.94. The molecule has 1 heterocycles. The van der Waals surface area contributed by atoms with Crippen LogP contribution in [0.2, 0.25) is 0 Å². The number of nitrogens with one attached hydrogen (secondary N) is 2. The molecule has 4 rings (SSSR count). The molecular formula is C24H19F3N2O4. The number of amides is 2. The van der Waals surface area contributed by atoms with E-state index in [0.717, 1.165) is 23.3 Å². The van der Waals surface area contributed by atoms with E-state index in [-0.39, 0.29) is 5.75 Å². The summed E-state index contributed by atoms with van der Waals surface area (Å²) in [5, 5.41) is 5.19. The Morgan fingerprint density at radius 1 is 0.879 bits per heavy atom. The average molecular weight is 456 g/mol. The van der Waals surface area contributed by atoms with Crippen molar-refractivity contribution in [2.75, 3.05) is 10.6 Å². The summed E-state index contributed by atoms with van der Waals surface area (Å²) >= 11 is 0. The fraction of sp³-hybridized carbons (Fsp3) is 0.125. The number of halogens is 3. The van der Waals surface area contributed by atoms with Crippen molar-refractivity contribution in [2.45, 2.75) is 19.1 Å². The van der Waals surface area contributed by atoms with Crippen LogP contribution in [-0.2, 0) is 15.9 Å². The van der Waals surface area contributed by atoms with E-state index in [1.807, 2.05) is 30.3 Å². The van der Waals surface area contributed by atoms with E-state index in [2.05, 4.69) is 15.4 Å². The number of anilines is 2. The highest BCUT2D eigenvalue weighted by Gasteiger charge is 2.31.